The number of methoxy groups -OCH3 is 1. The lowest BCUT2D eigenvalue weighted by atomic mass is 9.72. The number of nitrogens with two attached hydrogens (primary N) is 1. The van der Waals surface area contributed by atoms with Crippen molar-refractivity contribution < 1.29 is 14.6 Å². The fraction of sp³-hybridized carbons (Fsp3) is 0.536. The van der Waals surface area contributed by atoms with E-state index in [2.05, 4.69) is 6.07 Å². The number of halogens is 1. The molecule has 4 rings (SSSR count). The molecule has 2 aliphatic rings. The van der Waals surface area contributed by atoms with Gasteiger partial charge in [0.15, 0.2) is 0 Å². The minimum atomic E-state index is -1.07. The van der Waals surface area contributed by atoms with Crippen LogP contribution in [0, 0.1) is 5.92 Å². The molecular weight excluding hydrogens is 462 g/mol. The number of piperidine rings is 1. The van der Waals surface area contributed by atoms with Crippen molar-refractivity contribution in [3.63, 3.8) is 0 Å². The van der Waals surface area contributed by atoms with E-state index in [1.165, 1.54) is 0 Å². The average Bonchev–Trinajstić information content (AvgIpc) is 3.33. The number of amides is 2. The highest BCUT2D eigenvalue weighted by atomic mass is 35.5. The zero-order valence-corrected chi connectivity index (χ0v) is 21.4. The van der Waals surface area contributed by atoms with Crippen LogP contribution in [0.3, 0.4) is 0 Å². The molecule has 0 spiro atoms. The normalized spacial score (nSPS) is 22.3. The van der Waals surface area contributed by atoms with Crippen LogP contribution in [0.25, 0.3) is 11.1 Å². The Morgan fingerprint density at radius 3 is 2.54 bits per heavy atom. The third-order valence-corrected chi connectivity index (χ3v) is 7.82. The number of carbonyl (C=O) groups is 1. The number of benzene rings is 2. The van der Waals surface area contributed by atoms with E-state index in [1.54, 1.807) is 7.11 Å². The Kier molecular flexibility index (Phi) is 8.71. The van der Waals surface area contributed by atoms with Crippen molar-refractivity contribution in [1.29, 1.82) is 0 Å². The minimum Gasteiger partial charge on any atom is -0.385 e. The van der Waals surface area contributed by atoms with Crippen molar-refractivity contribution in [3.05, 3.63) is 59.1 Å². The molecule has 35 heavy (non-hydrogen) atoms. The van der Waals surface area contributed by atoms with E-state index in [4.69, 9.17) is 22.1 Å². The summed E-state index contributed by atoms with van der Waals surface area (Å²) < 4.78 is 5.26. The van der Waals surface area contributed by atoms with Crippen molar-refractivity contribution in [1.82, 2.24) is 9.80 Å². The van der Waals surface area contributed by atoms with Gasteiger partial charge < -0.3 is 25.4 Å². The molecule has 6 nitrogen and oxygen atoms in total. The lowest BCUT2D eigenvalue weighted by Gasteiger charge is -2.44. The molecule has 3 N–H and O–H groups in total. The molecule has 2 aromatic carbocycles. The molecular formula is C28H38ClN3O3. The second kappa shape index (κ2) is 11.7. The molecule has 2 saturated heterocycles. The summed E-state index contributed by atoms with van der Waals surface area (Å²) >= 11 is 6.15. The highest BCUT2D eigenvalue weighted by Crippen LogP contribution is 2.44. The van der Waals surface area contributed by atoms with E-state index in [1.807, 2.05) is 52.3 Å². The summed E-state index contributed by atoms with van der Waals surface area (Å²) in [5.74, 6) is -0.0625. The van der Waals surface area contributed by atoms with Crippen molar-refractivity contribution >= 4 is 17.6 Å². The van der Waals surface area contributed by atoms with Gasteiger partial charge >= 0.3 is 6.03 Å². The minimum absolute atomic E-state index is 0.0513. The first-order chi connectivity index (χ1) is 16.9. The van der Waals surface area contributed by atoms with E-state index >= 15 is 0 Å². The van der Waals surface area contributed by atoms with E-state index in [0.717, 1.165) is 55.3 Å². The number of aliphatic hydroxyl groups is 1. The van der Waals surface area contributed by atoms with Crippen LogP contribution in [0.5, 0.6) is 0 Å². The van der Waals surface area contributed by atoms with Gasteiger partial charge in [-0.3, -0.25) is 0 Å². The standard InChI is InChI=1S/C28H38ClN3O3/c1-35-18-5-4-15-28(34,26-9-3-2-8-25(26)21-10-12-23(29)13-11-21)22-7-6-16-31(19-22)27(33)32-17-14-24(30)20-32/h2-3,8-13,22,24,34H,4-7,14-20,30H2,1H3. The molecule has 2 aliphatic heterocycles. The van der Waals surface area contributed by atoms with Gasteiger partial charge in [0.05, 0.1) is 5.60 Å². The lowest BCUT2D eigenvalue weighted by molar-refractivity contribution is -0.0571. The molecule has 0 radical (unpaired) electrons. The summed E-state index contributed by atoms with van der Waals surface area (Å²) in [6.07, 6.45) is 4.93. The first-order valence-electron chi connectivity index (χ1n) is 12.8. The summed E-state index contributed by atoms with van der Waals surface area (Å²) in [5, 5.41) is 13.2. The third kappa shape index (κ3) is 6.00. The second-order valence-corrected chi connectivity index (χ2v) is 10.4. The number of nitrogens with zero attached hydrogens (tertiary/aromatic N) is 2. The maximum Gasteiger partial charge on any atom is 0.320 e. The number of unbranched alkanes of at least 4 members (excludes halogenated alkanes) is 1. The number of likely N-dealkylation sites (tertiary alicyclic amines) is 2. The summed E-state index contributed by atoms with van der Waals surface area (Å²) in [6, 6.07) is 16.0. The molecule has 190 valence electrons. The summed E-state index contributed by atoms with van der Waals surface area (Å²) in [4.78, 5) is 17.1. The predicted molar refractivity (Wildman–Crippen MR) is 140 cm³/mol. The van der Waals surface area contributed by atoms with Gasteiger partial charge in [-0.05, 0) is 67.3 Å². The van der Waals surface area contributed by atoms with Crippen LogP contribution < -0.4 is 5.73 Å². The van der Waals surface area contributed by atoms with Crippen LogP contribution in [0.15, 0.2) is 48.5 Å². The number of hydrogen-bond acceptors (Lipinski definition) is 4. The fourth-order valence-electron chi connectivity index (χ4n) is 5.64. The highest BCUT2D eigenvalue weighted by Gasteiger charge is 2.43. The molecule has 3 atom stereocenters. The SMILES string of the molecule is COCCCCC(O)(c1ccccc1-c1ccc(Cl)cc1)C1CCCN(C(=O)N2CCC(N)C2)C1. The molecule has 0 bridgehead atoms. The largest absolute Gasteiger partial charge is 0.385 e. The van der Waals surface area contributed by atoms with Gasteiger partial charge in [0, 0.05) is 56.9 Å². The number of rotatable bonds is 8. The van der Waals surface area contributed by atoms with Gasteiger partial charge in [0.25, 0.3) is 0 Å². The van der Waals surface area contributed by atoms with Gasteiger partial charge in [0.1, 0.15) is 0 Å². The zero-order chi connectivity index (χ0) is 24.8. The van der Waals surface area contributed by atoms with Crippen LogP contribution in [-0.2, 0) is 10.3 Å². The number of urea groups is 1. The molecule has 2 heterocycles. The third-order valence-electron chi connectivity index (χ3n) is 7.57. The average molecular weight is 500 g/mol. The lowest BCUT2D eigenvalue weighted by Crippen LogP contribution is -2.51. The molecule has 0 aliphatic carbocycles. The fourth-order valence-corrected chi connectivity index (χ4v) is 5.77. The molecule has 0 aromatic heterocycles. The Morgan fingerprint density at radius 2 is 1.83 bits per heavy atom. The van der Waals surface area contributed by atoms with Crippen molar-refractivity contribution in [2.75, 3.05) is 39.9 Å². The Hall–Kier alpha value is -2.12. The monoisotopic (exact) mass is 499 g/mol. The summed E-state index contributed by atoms with van der Waals surface area (Å²) in [6.45, 7) is 3.25. The van der Waals surface area contributed by atoms with Crippen LogP contribution in [-0.4, -0.2) is 66.9 Å². The van der Waals surface area contributed by atoms with Crippen LogP contribution in [0.1, 0.15) is 44.1 Å². The molecule has 3 unspecified atom stereocenters. The zero-order valence-electron chi connectivity index (χ0n) is 20.7. The molecule has 2 amide bonds. The molecule has 2 aromatic rings. The predicted octanol–water partition coefficient (Wildman–Crippen LogP) is 4.88. The Bertz CT molecular complexity index is 986. The maximum atomic E-state index is 13.3. The topological polar surface area (TPSA) is 79.0 Å². The second-order valence-electron chi connectivity index (χ2n) is 9.99. The summed E-state index contributed by atoms with van der Waals surface area (Å²) in [7, 11) is 1.71. The van der Waals surface area contributed by atoms with Crippen LogP contribution in [0.2, 0.25) is 5.02 Å². The first kappa shape index (κ1) is 26.0. The van der Waals surface area contributed by atoms with Crippen molar-refractivity contribution in [3.8, 4) is 11.1 Å². The Balaban J connectivity index is 1.64. The highest BCUT2D eigenvalue weighted by molar-refractivity contribution is 6.30. The van der Waals surface area contributed by atoms with Crippen LogP contribution in [0.4, 0.5) is 4.79 Å². The Labute approximate surface area is 214 Å². The first-order valence-corrected chi connectivity index (χ1v) is 13.2. The van der Waals surface area contributed by atoms with Crippen molar-refractivity contribution in [2.45, 2.75) is 50.2 Å². The van der Waals surface area contributed by atoms with Crippen molar-refractivity contribution in [2.24, 2.45) is 11.7 Å². The molecule has 0 saturated carbocycles. The molecule has 2 fully saturated rings. The van der Waals surface area contributed by atoms with Crippen LogP contribution >= 0.6 is 11.6 Å². The van der Waals surface area contributed by atoms with Gasteiger partial charge in [0.2, 0.25) is 0 Å². The summed E-state index contributed by atoms with van der Waals surface area (Å²) in [5.41, 5.74) is 7.94. The van der Waals surface area contributed by atoms with Gasteiger partial charge in [-0.25, -0.2) is 4.79 Å². The molecule has 7 heteroatoms. The van der Waals surface area contributed by atoms with Gasteiger partial charge in [-0.1, -0.05) is 48.0 Å². The van der Waals surface area contributed by atoms with E-state index in [0.29, 0.717) is 37.7 Å². The van der Waals surface area contributed by atoms with E-state index in [9.17, 15) is 9.90 Å². The number of carbonyl (C=O) groups excluding carboxylic acids is 1. The maximum absolute atomic E-state index is 13.3. The van der Waals surface area contributed by atoms with Gasteiger partial charge in [-0.15, -0.1) is 0 Å². The van der Waals surface area contributed by atoms with Gasteiger partial charge in [-0.2, -0.15) is 0 Å². The number of ether oxygens (including phenoxy) is 1. The Morgan fingerprint density at radius 1 is 1.09 bits per heavy atom. The number of hydrogen-bond donors (Lipinski definition) is 2. The van der Waals surface area contributed by atoms with E-state index < -0.39 is 5.60 Å². The smallest absolute Gasteiger partial charge is 0.320 e. The quantitative estimate of drug-likeness (QED) is 0.507. The van der Waals surface area contributed by atoms with E-state index in [-0.39, 0.29) is 18.0 Å².